The molecule has 27 heavy (non-hydrogen) atoms. The van der Waals surface area contributed by atoms with Crippen molar-refractivity contribution in [3.05, 3.63) is 58.1 Å². The van der Waals surface area contributed by atoms with Gasteiger partial charge in [0.15, 0.2) is 10.9 Å². The van der Waals surface area contributed by atoms with Gasteiger partial charge in [0.2, 0.25) is 0 Å². The highest BCUT2D eigenvalue weighted by atomic mass is 32.1. The molecular formula is C17H15N5O4S. The molecule has 0 spiro atoms. The van der Waals surface area contributed by atoms with Crippen LogP contribution < -0.4 is 10.7 Å². The highest BCUT2D eigenvalue weighted by Gasteiger charge is 2.15. The Labute approximate surface area is 157 Å². The van der Waals surface area contributed by atoms with Gasteiger partial charge in [-0.15, -0.1) is 0 Å². The predicted molar refractivity (Wildman–Crippen MR) is 103 cm³/mol. The van der Waals surface area contributed by atoms with Crippen LogP contribution in [0.15, 0.2) is 47.6 Å². The summed E-state index contributed by atoms with van der Waals surface area (Å²) >= 11 is 1.44. The van der Waals surface area contributed by atoms with Crippen LogP contribution in [0.2, 0.25) is 0 Å². The molecular weight excluding hydrogens is 370 g/mol. The third-order valence-corrected chi connectivity index (χ3v) is 4.58. The number of benzene rings is 2. The number of carbonyl (C=O) groups is 1. The minimum absolute atomic E-state index is 0.367. The number of hydrogen-bond donors (Lipinski definition) is 3. The van der Waals surface area contributed by atoms with E-state index in [0.717, 1.165) is 16.3 Å². The maximum absolute atomic E-state index is 12.1. The normalized spacial score (nSPS) is 12.2. The zero-order valence-electron chi connectivity index (χ0n) is 14.1. The Morgan fingerprint density at radius 3 is 2.89 bits per heavy atom. The Kier molecular flexibility index (Phi) is 5.27. The van der Waals surface area contributed by atoms with Crippen molar-refractivity contribution in [2.75, 3.05) is 5.32 Å². The quantitative estimate of drug-likeness (QED) is 0.340. The van der Waals surface area contributed by atoms with Crippen molar-refractivity contribution in [2.24, 2.45) is 5.10 Å². The fourth-order valence-corrected chi connectivity index (χ4v) is 3.17. The molecule has 0 aliphatic heterocycles. The number of nitrogens with zero attached hydrogens (tertiary/aromatic N) is 3. The molecule has 0 saturated carbocycles. The molecule has 0 aliphatic rings. The average molecular weight is 385 g/mol. The van der Waals surface area contributed by atoms with E-state index >= 15 is 0 Å². The molecule has 9 nitrogen and oxygen atoms in total. The van der Waals surface area contributed by atoms with Gasteiger partial charge in [0, 0.05) is 11.6 Å². The minimum Gasteiger partial charge on any atom is -0.502 e. The summed E-state index contributed by atoms with van der Waals surface area (Å²) in [4.78, 5) is 26.6. The minimum atomic E-state index is -0.699. The number of rotatable bonds is 6. The summed E-state index contributed by atoms with van der Waals surface area (Å²) in [6.45, 7) is 1.67. The number of carbonyl (C=O) groups excluding carboxylic acids is 1. The number of hydrogen-bond acceptors (Lipinski definition) is 8. The first-order valence-electron chi connectivity index (χ1n) is 7.86. The first-order chi connectivity index (χ1) is 12.9. The molecule has 10 heteroatoms. The van der Waals surface area contributed by atoms with Gasteiger partial charge in [-0.1, -0.05) is 23.5 Å². The summed E-state index contributed by atoms with van der Waals surface area (Å²) in [6.07, 6.45) is 1.26. The molecule has 1 aromatic heterocycles. The average Bonchev–Trinajstić information content (AvgIpc) is 3.04. The number of nitro benzene ring substituents is 1. The van der Waals surface area contributed by atoms with Crippen molar-refractivity contribution in [3.8, 4) is 5.75 Å². The maximum Gasteiger partial charge on any atom is 0.311 e. The second-order valence-corrected chi connectivity index (χ2v) is 6.62. The number of thiazole rings is 1. The monoisotopic (exact) mass is 385 g/mol. The Bertz CT molecular complexity index is 1000. The summed E-state index contributed by atoms with van der Waals surface area (Å²) in [5.74, 6) is -0.825. The molecule has 2 aromatic carbocycles. The van der Waals surface area contributed by atoms with Crippen molar-refractivity contribution in [2.45, 2.75) is 13.0 Å². The molecule has 0 bridgehead atoms. The van der Waals surface area contributed by atoms with E-state index in [9.17, 15) is 20.0 Å². The second-order valence-electron chi connectivity index (χ2n) is 5.59. The van der Waals surface area contributed by atoms with E-state index in [-0.39, 0.29) is 0 Å². The lowest BCUT2D eigenvalue weighted by Crippen LogP contribution is -2.34. The van der Waals surface area contributed by atoms with Gasteiger partial charge in [-0.2, -0.15) is 5.10 Å². The number of anilines is 1. The molecule has 0 unspecified atom stereocenters. The van der Waals surface area contributed by atoms with Gasteiger partial charge >= 0.3 is 5.69 Å². The standard InChI is InChI=1S/C17H15N5O4S/c1-10(19-17-20-12-4-2-3-5-15(12)27-17)16(24)21-18-9-11-6-7-14(23)13(8-11)22(25)26/h2-10,23H,1H3,(H,19,20)(H,21,24)/b18-9-/t10-/m0/s1. The number of aromatic nitrogens is 1. The third-order valence-electron chi connectivity index (χ3n) is 3.61. The van der Waals surface area contributed by atoms with Crippen LogP contribution in [0.5, 0.6) is 5.75 Å². The molecule has 0 aliphatic carbocycles. The largest absolute Gasteiger partial charge is 0.502 e. The number of phenols is 1. The first kappa shape index (κ1) is 18.3. The molecule has 0 radical (unpaired) electrons. The fourth-order valence-electron chi connectivity index (χ4n) is 2.22. The number of nitrogens with one attached hydrogen (secondary N) is 2. The smallest absolute Gasteiger partial charge is 0.311 e. The Morgan fingerprint density at radius 1 is 1.37 bits per heavy atom. The second kappa shape index (κ2) is 7.79. The molecule has 1 atom stereocenters. The number of aromatic hydroxyl groups is 1. The van der Waals surface area contributed by atoms with E-state index in [1.165, 1.54) is 29.7 Å². The zero-order valence-corrected chi connectivity index (χ0v) is 14.9. The zero-order chi connectivity index (χ0) is 19.4. The van der Waals surface area contributed by atoms with Crippen molar-refractivity contribution >= 4 is 44.5 Å². The Morgan fingerprint density at radius 2 is 2.15 bits per heavy atom. The Balaban J connectivity index is 1.60. The lowest BCUT2D eigenvalue weighted by Gasteiger charge is -2.10. The van der Waals surface area contributed by atoms with E-state index in [4.69, 9.17) is 0 Å². The molecule has 3 N–H and O–H groups in total. The number of phenolic OH excluding ortho intramolecular Hbond substituents is 1. The van der Waals surface area contributed by atoms with Crippen LogP contribution in [0, 0.1) is 10.1 Å². The van der Waals surface area contributed by atoms with E-state index in [0.29, 0.717) is 10.7 Å². The predicted octanol–water partition coefficient (Wildman–Crippen LogP) is 2.86. The van der Waals surface area contributed by atoms with Gasteiger partial charge in [0.25, 0.3) is 5.91 Å². The van der Waals surface area contributed by atoms with E-state index in [2.05, 4.69) is 20.8 Å². The molecule has 1 heterocycles. The number of para-hydroxylation sites is 1. The summed E-state index contributed by atoms with van der Waals surface area (Å²) in [5.41, 5.74) is 3.15. The Hall–Kier alpha value is -3.53. The summed E-state index contributed by atoms with van der Waals surface area (Å²) in [6, 6.07) is 10.9. The number of fused-ring (bicyclic) bond motifs is 1. The van der Waals surface area contributed by atoms with Crippen LogP contribution in [-0.2, 0) is 4.79 Å². The van der Waals surface area contributed by atoms with Crippen LogP contribution in [0.25, 0.3) is 10.2 Å². The third kappa shape index (κ3) is 4.36. The fraction of sp³-hybridized carbons (Fsp3) is 0.118. The summed E-state index contributed by atoms with van der Waals surface area (Å²) in [5, 5.41) is 27.6. The van der Waals surface area contributed by atoms with Crippen molar-refractivity contribution in [1.82, 2.24) is 10.4 Å². The van der Waals surface area contributed by atoms with Gasteiger partial charge in [0.1, 0.15) is 6.04 Å². The van der Waals surface area contributed by atoms with Crippen molar-refractivity contribution in [3.63, 3.8) is 0 Å². The highest BCUT2D eigenvalue weighted by Crippen LogP contribution is 2.26. The maximum atomic E-state index is 12.1. The van der Waals surface area contributed by atoms with Crippen LogP contribution in [0.1, 0.15) is 12.5 Å². The summed E-state index contributed by atoms with van der Waals surface area (Å²) < 4.78 is 1.01. The van der Waals surface area contributed by atoms with Gasteiger partial charge in [0.05, 0.1) is 21.4 Å². The van der Waals surface area contributed by atoms with Crippen LogP contribution in [-0.4, -0.2) is 33.2 Å². The van der Waals surface area contributed by atoms with Crippen molar-refractivity contribution < 1.29 is 14.8 Å². The van der Waals surface area contributed by atoms with Crippen LogP contribution in [0.3, 0.4) is 0 Å². The highest BCUT2D eigenvalue weighted by molar-refractivity contribution is 7.22. The number of hydrazone groups is 1. The van der Waals surface area contributed by atoms with Crippen LogP contribution >= 0.6 is 11.3 Å². The SMILES string of the molecule is C[C@H](Nc1nc2ccccc2s1)C(=O)N/N=C\c1ccc(O)c([N+](=O)[O-])c1. The molecule has 3 rings (SSSR count). The molecule has 0 saturated heterocycles. The van der Waals surface area contributed by atoms with Gasteiger partial charge < -0.3 is 10.4 Å². The lowest BCUT2D eigenvalue weighted by atomic mass is 10.2. The molecule has 1 amide bonds. The van der Waals surface area contributed by atoms with E-state index in [1.54, 1.807) is 6.92 Å². The van der Waals surface area contributed by atoms with Gasteiger partial charge in [-0.25, -0.2) is 10.4 Å². The molecule has 138 valence electrons. The van der Waals surface area contributed by atoms with E-state index in [1.807, 2.05) is 24.3 Å². The van der Waals surface area contributed by atoms with Gasteiger partial charge in [-0.3, -0.25) is 14.9 Å². The van der Waals surface area contributed by atoms with Gasteiger partial charge in [-0.05, 0) is 31.2 Å². The van der Waals surface area contributed by atoms with Crippen LogP contribution in [0.4, 0.5) is 10.8 Å². The van der Waals surface area contributed by atoms with E-state index < -0.39 is 28.3 Å². The number of nitro groups is 1. The molecule has 0 fully saturated rings. The summed E-state index contributed by atoms with van der Waals surface area (Å²) in [7, 11) is 0. The first-order valence-corrected chi connectivity index (χ1v) is 8.68. The molecule has 3 aromatic rings. The topological polar surface area (TPSA) is 130 Å². The lowest BCUT2D eigenvalue weighted by molar-refractivity contribution is -0.385. The number of amides is 1. The van der Waals surface area contributed by atoms with Crippen molar-refractivity contribution in [1.29, 1.82) is 0 Å².